The molecule has 0 aromatic heterocycles. The van der Waals surface area contributed by atoms with Crippen molar-refractivity contribution in [1.29, 1.82) is 0 Å². The van der Waals surface area contributed by atoms with Gasteiger partial charge in [-0.15, -0.1) is 0 Å². The van der Waals surface area contributed by atoms with Crippen molar-refractivity contribution in [1.82, 2.24) is 0 Å². The maximum Gasteiger partial charge on any atom is 0.118 e. The van der Waals surface area contributed by atoms with Gasteiger partial charge in [-0.1, -0.05) is 0 Å². The van der Waals surface area contributed by atoms with E-state index in [4.69, 9.17) is 9.84 Å². The van der Waals surface area contributed by atoms with Gasteiger partial charge in [-0.3, -0.25) is 0 Å². The van der Waals surface area contributed by atoms with Gasteiger partial charge >= 0.3 is 0 Å². The maximum atomic E-state index is 8.49. The molecule has 1 rings (SSSR count). The summed E-state index contributed by atoms with van der Waals surface area (Å²) in [7, 11) is 0. The molecule has 1 heterocycles. The van der Waals surface area contributed by atoms with E-state index in [1.54, 1.807) is 0 Å². The molecular formula is C6H10O2. The highest BCUT2D eigenvalue weighted by molar-refractivity contribution is 4.99. The van der Waals surface area contributed by atoms with E-state index in [0.29, 0.717) is 0 Å². The molecule has 0 saturated heterocycles. The number of aliphatic hydroxyl groups excluding tert-OH is 1. The van der Waals surface area contributed by atoms with Gasteiger partial charge < -0.3 is 9.84 Å². The van der Waals surface area contributed by atoms with E-state index < -0.39 is 0 Å². The Morgan fingerprint density at radius 2 is 2.75 bits per heavy atom. The van der Waals surface area contributed by atoms with E-state index in [9.17, 15) is 0 Å². The third-order valence-corrected chi connectivity index (χ3v) is 1.19. The van der Waals surface area contributed by atoms with Gasteiger partial charge in [-0.25, -0.2) is 0 Å². The number of hydrogen-bond donors (Lipinski definition) is 1. The van der Waals surface area contributed by atoms with Crippen LogP contribution in [0.1, 0.15) is 13.3 Å². The summed E-state index contributed by atoms with van der Waals surface area (Å²) >= 11 is 0. The third-order valence-electron chi connectivity index (χ3n) is 1.19. The fourth-order valence-electron chi connectivity index (χ4n) is 0.754. The molecule has 2 nitrogen and oxygen atoms in total. The Labute approximate surface area is 48.8 Å². The summed E-state index contributed by atoms with van der Waals surface area (Å²) in [6.45, 7) is 2.03. The first-order valence-corrected chi connectivity index (χ1v) is 2.79. The molecule has 0 fully saturated rings. The lowest BCUT2D eigenvalue weighted by molar-refractivity contribution is 0.126. The van der Waals surface area contributed by atoms with Gasteiger partial charge in [-0.05, 0) is 13.0 Å². The standard InChI is InChI=1S/C6H10O2/c1-5-2-3-6(4-7)8-5/h3,5,7H,2,4H2,1H3. The van der Waals surface area contributed by atoms with Gasteiger partial charge in [0, 0.05) is 6.42 Å². The van der Waals surface area contributed by atoms with Gasteiger partial charge in [-0.2, -0.15) is 0 Å². The minimum atomic E-state index is 0.0460. The number of aliphatic hydroxyl groups is 1. The highest BCUT2D eigenvalue weighted by Gasteiger charge is 2.10. The lowest BCUT2D eigenvalue weighted by atomic mass is 10.3. The number of ether oxygens (including phenoxy) is 1. The number of hydrogen-bond acceptors (Lipinski definition) is 2. The van der Waals surface area contributed by atoms with Gasteiger partial charge in [0.05, 0.1) is 6.10 Å². The molecule has 2 heteroatoms. The molecule has 1 unspecified atom stereocenters. The second-order valence-electron chi connectivity index (χ2n) is 1.99. The molecule has 0 bridgehead atoms. The van der Waals surface area contributed by atoms with Gasteiger partial charge in [0.25, 0.3) is 0 Å². The molecule has 0 saturated carbocycles. The summed E-state index contributed by atoms with van der Waals surface area (Å²) in [6, 6.07) is 0. The largest absolute Gasteiger partial charge is 0.493 e. The quantitative estimate of drug-likeness (QED) is 0.543. The van der Waals surface area contributed by atoms with Crippen LogP contribution in [0.4, 0.5) is 0 Å². The van der Waals surface area contributed by atoms with Crippen LogP contribution in [0, 0.1) is 0 Å². The summed E-state index contributed by atoms with van der Waals surface area (Å²) in [5.74, 6) is 0.720. The van der Waals surface area contributed by atoms with Crippen molar-refractivity contribution >= 4 is 0 Å². The molecule has 0 aromatic rings. The molecular weight excluding hydrogens is 104 g/mol. The monoisotopic (exact) mass is 114 g/mol. The van der Waals surface area contributed by atoms with E-state index in [1.165, 1.54) is 0 Å². The number of rotatable bonds is 1. The Morgan fingerprint density at radius 1 is 2.00 bits per heavy atom. The van der Waals surface area contributed by atoms with Crippen molar-refractivity contribution in [2.45, 2.75) is 19.4 Å². The summed E-state index contributed by atoms with van der Waals surface area (Å²) in [6.07, 6.45) is 3.14. The summed E-state index contributed by atoms with van der Waals surface area (Å²) < 4.78 is 5.12. The highest BCUT2D eigenvalue weighted by atomic mass is 16.5. The van der Waals surface area contributed by atoms with E-state index in [2.05, 4.69) is 0 Å². The summed E-state index contributed by atoms with van der Waals surface area (Å²) in [4.78, 5) is 0. The lowest BCUT2D eigenvalue weighted by Crippen LogP contribution is -1.99. The highest BCUT2D eigenvalue weighted by Crippen LogP contribution is 2.14. The van der Waals surface area contributed by atoms with Crippen molar-refractivity contribution in [3.05, 3.63) is 11.8 Å². The average molecular weight is 114 g/mol. The van der Waals surface area contributed by atoms with Crippen LogP contribution in [0.5, 0.6) is 0 Å². The molecule has 0 aliphatic carbocycles. The predicted molar refractivity (Wildman–Crippen MR) is 30.3 cm³/mol. The molecule has 8 heavy (non-hydrogen) atoms. The molecule has 0 spiro atoms. The first-order valence-electron chi connectivity index (χ1n) is 2.79. The van der Waals surface area contributed by atoms with Crippen molar-refractivity contribution < 1.29 is 9.84 Å². The molecule has 46 valence electrons. The molecule has 1 N–H and O–H groups in total. The minimum absolute atomic E-state index is 0.0460. The van der Waals surface area contributed by atoms with E-state index in [1.807, 2.05) is 13.0 Å². The predicted octanol–water partition coefficient (Wildman–Crippen LogP) is 0.671. The first kappa shape index (κ1) is 5.63. The van der Waals surface area contributed by atoms with Crippen LogP contribution in [0.3, 0.4) is 0 Å². The fraction of sp³-hybridized carbons (Fsp3) is 0.667. The van der Waals surface area contributed by atoms with Crippen LogP contribution in [0.15, 0.2) is 11.8 Å². The Kier molecular flexibility index (Phi) is 1.53. The van der Waals surface area contributed by atoms with Gasteiger partial charge in [0.15, 0.2) is 0 Å². The van der Waals surface area contributed by atoms with Crippen molar-refractivity contribution in [3.8, 4) is 0 Å². The molecule has 1 aliphatic rings. The van der Waals surface area contributed by atoms with Crippen molar-refractivity contribution in [3.63, 3.8) is 0 Å². The lowest BCUT2D eigenvalue weighted by Gasteiger charge is -2.03. The molecule has 1 aliphatic heterocycles. The van der Waals surface area contributed by atoms with E-state index >= 15 is 0 Å². The van der Waals surface area contributed by atoms with Gasteiger partial charge in [0.1, 0.15) is 12.4 Å². The first-order chi connectivity index (χ1) is 3.83. The molecule has 0 amide bonds. The van der Waals surface area contributed by atoms with Crippen LogP contribution in [-0.4, -0.2) is 17.8 Å². The normalized spacial score (nSPS) is 27.2. The van der Waals surface area contributed by atoms with Crippen molar-refractivity contribution in [2.24, 2.45) is 0 Å². The topological polar surface area (TPSA) is 29.5 Å². The van der Waals surface area contributed by atoms with Crippen molar-refractivity contribution in [2.75, 3.05) is 6.61 Å². The SMILES string of the molecule is CC1CC=C(CO)O1. The Bertz CT molecular complexity index is 107. The van der Waals surface area contributed by atoms with Crippen LogP contribution in [0.2, 0.25) is 0 Å². The summed E-state index contributed by atoms with van der Waals surface area (Å²) in [5, 5.41) is 8.49. The van der Waals surface area contributed by atoms with Crippen LogP contribution in [-0.2, 0) is 4.74 Å². The van der Waals surface area contributed by atoms with Crippen LogP contribution in [0.25, 0.3) is 0 Å². The smallest absolute Gasteiger partial charge is 0.118 e. The second kappa shape index (κ2) is 2.18. The van der Waals surface area contributed by atoms with E-state index in [-0.39, 0.29) is 12.7 Å². The van der Waals surface area contributed by atoms with Crippen LogP contribution < -0.4 is 0 Å². The third kappa shape index (κ3) is 1.01. The zero-order valence-electron chi connectivity index (χ0n) is 4.92. The Hall–Kier alpha value is -0.500. The van der Waals surface area contributed by atoms with Crippen LogP contribution >= 0.6 is 0 Å². The molecule has 0 radical (unpaired) electrons. The Morgan fingerprint density at radius 3 is 3.00 bits per heavy atom. The van der Waals surface area contributed by atoms with Gasteiger partial charge in [0.2, 0.25) is 0 Å². The Balaban J connectivity index is 2.37. The zero-order chi connectivity index (χ0) is 5.98. The average Bonchev–Trinajstić information content (AvgIpc) is 2.14. The zero-order valence-corrected chi connectivity index (χ0v) is 4.92. The van der Waals surface area contributed by atoms with E-state index in [0.717, 1.165) is 12.2 Å². The summed E-state index contributed by atoms with van der Waals surface area (Å²) in [5.41, 5.74) is 0. The molecule has 0 aromatic carbocycles. The second-order valence-corrected chi connectivity index (χ2v) is 1.99. The fourth-order valence-corrected chi connectivity index (χ4v) is 0.754. The maximum absolute atomic E-state index is 8.49. The minimum Gasteiger partial charge on any atom is -0.493 e. The molecule has 1 atom stereocenters.